The average molecular weight is 148 g/mol. The highest BCUT2D eigenvalue weighted by molar-refractivity contribution is 4.96. The van der Waals surface area contributed by atoms with Crippen molar-refractivity contribution in [3.63, 3.8) is 0 Å². The van der Waals surface area contributed by atoms with Crippen molar-refractivity contribution in [3.05, 3.63) is 0 Å². The molecule has 10 heavy (non-hydrogen) atoms. The van der Waals surface area contributed by atoms with Gasteiger partial charge in [0.15, 0.2) is 0 Å². The van der Waals surface area contributed by atoms with Crippen LogP contribution in [0.3, 0.4) is 0 Å². The Balaban J connectivity index is 2.46. The molecule has 0 amide bonds. The normalized spacial score (nSPS) is 27.6. The zero-order chi connectivity index (χ0) is 7.83. The van der Waals surface area contributed by atoms with Crippen molar-refractivity contribution < 1.29 is 8.78 Å². The Morgan fingerprint density at radius 1 is 1.10 bits per heavy atom. The van der Waals surface area contributed by atoms with Crippen molar-refractivity contribution in [1.82, 2.24) is 0 Å². The van der Waals surface area contributed by atoms with E-state index in [4.69, 9.17) is 0 Å². The minimum atomic E-state index is -2.34. The molecule has 0 bridgehead atoms. The number of rotatable bonds is 2. The first-order valence-electron chi connectivity index (χ1n) is 3.91. The molecule has 0 heterocycles. The molecule has 0 saturated heterocycles. The molecule has 0 aromatic carbocycles. The van der Waals surface area contributed by atoms with Crippen LogP contribution in [0.4, 0.5) is 8.78 Å². The molecule has 60 valence electrons. The van der Waals surface area contributed by atoms with Crippen LogP contribution in [0.1, 0.15) is 39.5 Å². The third-order valence-electron chi connectivity index (χ3n) is 2.77. The first kappa shape index (κ1) is 7.96. The van der Waals surface area contributed by atoms with E-state index >= 15 is 0 Å². The van der Waals surface area contributed by atoms with Crippen LogP contribution in [-0.2, 0) is 0 Å². The molecule has 0 atom stereocenters. The molecule has 0 aliphatic heterocycles. The number of hydrogen-bond donors (Lipinski definition) is 0. The standard InChI is InChI=1S/C8H14F2/c1-3-7(4-2)5-8(9,10)6-7/h3-6H2,1-2H3. The minimum absolute atomic E-state index is 0.0104. The Morgan fingerprint density at radius 2 is 1.50 bits per heavy atom. The summed E-state index contributed by atoms with van der Waals surface area (Å²) >= 11 is 0. The van der Waals surface area contributed by atoms with Crippen molar-refractivity contribution >= 4 is 0 Å². The van der Waals surface area contributed by atoms with Crippen molar-refractivity contribution in [1.29, 1.82) is 0 Å². The van der Waals surface area contributed by atoms with Gasteiger partial charge in [-0.25, -0.2) is 8.78 Å². The summed E-state index contributed by atoms with van der Waals surface area (Å²) in [7, 11) is 0. The van der Waals surface area contributed by atoms with Gasteiger partial charge in [0.25, 0.3) is 0 Å². The van der Waals surface area contributed by atoms with E-state index in [-0.39, 0.29) is 18.3 Å². The van der Waals surface area contributed by atoms with Crippen LogP contribution < -0.4 is 0 Å². The molecule has 1 aliphatic rings. The van der Waals surface area contributed by atoms with Crippen LogP contribution in [0.15, 0.2) is 0 Å². The first-order chi connectivity index (χ1) is 4.54. The molecule has 1 fully saturated rings. The summed E-state index contributed by atoms with van der Waals surface area (Å²) in [6, 6.07) is 0. The predicted octanol–water partition coefficient (Wildman–Crippen LogP) is 3.22. The minimum Gasteiger partial charge on any atom is -0.207 e. The summed E-state index contributed by atoms with van der Waals surface area (Å²) in [6.07, 6.45) is 2.04. The van der Waals surface area contributed by atoms with Gasteiger partial charge in [0.2, 0.25) is 5.92 Å². The summed E-state index contributed by atoms with van der Waals surface area (Å²) in [6.45, 7) is 4.00. The number of halogens is 2. The lowest BCUT2D eigenvalue weighted by molar-refractivity contribution is -0.163. The molecule has 0 unspecified atom stereocenters. The summed E-state index contributed by atoms with van der Waals surface area (Å²) in [5.74, 6) is -2.34. The fourth-order valence-corrected chi connectivity index (χ4v) is 1.80. The topological polar surface area (TPSA) is 0 Å². The van der Waals surface area contributed by atoms with E-state index in [1.165, 1.54) is 0 Å². The first-order valence-corrected chi connectivity index (χ1v) is 3.91. The second-order valence-corrected chi connectivity index (χ2v) is 3.42. The van der Waals surface area contributed by atoms with E-state index in [0.717, 1.165) is 12.8 Å². The van der Waals surface area contributed by atoms with Crippen molar-refractivity contribution in [3.8, 4) is 0 Å². The van der Waals surface area contributed by atoms with E-state index in [1.807, 2.05) is 13.8 Å². The quantitative estimate of drug-likeness (QED) is 0.564. The number of hydrogen-bond acceptors (Lipinski definition) is 0. The van der Waals surface area contributed by atoms with E-state index in [0.29, 0.717) is 0 Å². The van der Waals surface area contributed by atoms with E-state index in [2.05, 4.69) is 0 Å². The lowest BCUT2D eigenvalue weighted by Gasteiger charge is -2.46. The lowest BCUT2D eigenvalue weighted by atomic mass is 9.63. The van der Waals surface area contributed by atoms with E-state index in [1.54, 1.807) is 0 Å². The van der Waals surface area contributed by atoms with Gasteiger partial charge in [0.1, 0.15) is 0 Å². The van der Waals surface area contributed by atoms with Gasteiger partial charge < -0.3 is 0 Å². The maximum Gasteiger partial charge on any atom is 0.249 e. The third-order valence-corrected chi connectivity index (χ3v) is 2.77. The summed E-state index contributed by atoms with van der Waals surface area (Å²) < 4.78 is 24.8. The van der Waals surface area contributed by atoms with Gasteiger partial charge in [-0.2, -0.15) is 0 Å². The van der Waals surface area contributed by atoms with Crippen molar-refractivity contribution in [2.24, 2.45) is 5.41 Å². The van der Waals surface area contributed by atoms with Gasteiger partial charge in [0.05, 0.1) is 0 Å². The zero-order valence-electron chi connectivity index (χ0n) is 6.58. The van der Waals surface area contributed by atoms with Gasteiger partial charge in [-0.05, 0) is 5.41 Å². The molecule has 1 aliphatic carbocycles. The Bertz CT molecular complexity index is 115. The van der Waals surface area contributed by atoms with Crippen LogP contribution >= 0.6 is 0 Å². The summed E-state index contributed by atoms with van der Waals surface area (Å²) in [4.78, 5) is 0. The fraction of sp³-hybridized carbons (Fsp3) is 1.00. The Hall–Kier alpha value is -0.140. The monoisotopic (exact) mass is 148 g/mol. The second kappa shape index (κ2) is 2.18. The zero-order valence-corrected chi connectivity index (χ0v) is 6.58. The van der Waals surface area contributed by atoms with Gasteiger partial charge in [-0.15, -0.1) is 0 Å². The molecular weight excluding hydrogens is 134 g/mol. The predicted molar refractivity (Wildman–Crippen MR) is 37.2 cm³/mol. The van der Waals surface area contributed by atoms with E-state index < -0.39 is 5.92 Å². The molecule has 0 aromatic rings. The van der Waals surface area contributed by atoms with Gasteiger partial charge >= 0.3 is 0 Å². The van der Waals surface area contributed by atoms with Gasteiger partial charge in [0, 0.05) is 12.8 Å². The maximum atomic E-state index is 12.4. The van der Waals surface area contributed by atoms with Crippen LogP contribution in [0.2, 0.25) is 0 Å². The summed E-state index contributed by atoms with van der Waals surface area (Å²) in [5, 5.41) is 0. The second-order valence-electron chi connectivity index (χ2n) is 3.42. The molecule has 0 nitrogen and oxygen atoms in total. The van der Waals surface area contributed by atoms with E-state index in [9.17, 15) is 8.78 Å². The van der Waals surface area contributed by atoms with Gasteiger partial charge in [-0.1, -0.05) is 26.7 Å². The van der Waals surface area contributed by atoms with Crippen LogP contribution in [0.5, 0.6) is 0 Å². The van der Waals surface area contributed by atoms with Crippen LogP contribution in [0.25, 0.3) is 0 Å². The Kier molecular flexibility index (Phi) is 1.73. The highest BCUT2D eigenvalue weighted by Gasteiger charge is 2.53. The molecule has 1 rings (SSSR count). The van der Waals surface area contributed by atoms with Crippen LogP contribution in [0, 0.1) is 5.41 Å². The maximum absolute atomic E-state index is 12.4. The molecule has 1 saturated carbocycles. The molecule has 0 N–H and O–H groups in total. The average Bonchev–Trinajstić information content (AvgIpc) is 1.82. The largest absolute Gasteiger partial charge is 0.249 e. The highest BCUT2D eigenvalue weighted by Crippen LogP contribution is 2.55. The fourth-order valence-electron chi connectivity index (χ4n) is 1.80. The van der Waals surface area contributed by atoms with Crippen molar-refractivity contribution in [2.45, 2.75) is 45.5 Å². The smallest absolute Gasteiger partial charge is 0.207 e. The molecule has 0 radical (unpaired) electrons. The highest BCUT2D eigenvalue weighted by atomic mass is 19.3. The molecule has 0 spiro atoms. The summed E-state index contributed by atoms with van der Waals surface area (Å²) in [5.41, 5.74) is -0.0104. The molecule has 0 aromatic heterocycles. The molecular formula is C8H14F2. The third kappa shape index (κ3) is 1.16. The van der Waals surface area contributed by atoms with Gasteiger partial charge in [-0.3, -0.25) is 0 Å². The van der Waals surface area contributed by atoms with Crippen molar-refractivity contribution in [2.75, 3.05) is 0 Å². The molecule has 2 heteroatoms. The van der Waals surface area contributed by atoms with Crippen LogP contribution in [-0.4, -0.2) is 5.92 Å². The Labute approximate surface area is 60.6 Å². The number of alkyl halides is 2. The lowest BCUT2D eigenvalue weighted by Crippen LogP contribution is -2.45. The Morgan fingerprint density at radius 3 is 1.60 bits per heavy atom. The SMILES string of the molecule is CCC1(CC)CC(F)(F)C1.